The van der Waals surface area contributed by atoms with Gasteiger partial charge in [-0.1, -0.05) is 11.6 Å². The Morgan fingerprint density at radius 2 is 2.38 bits per heavy atom. The molecule has 0 unspecified atom stereocenters. The molecule has 3 nitrogen and oxygen atoms in total. The molecule has 1 N–H and O–H groups in total. The van der Waals surface area contributed by atoms with Gasteiger partial charge in [0.05, 0.1) is 12.8 Å². The number of carbonyl (C=O) groups is 1. The lowest BCUT2D eigenvalue weighted by Crippen LogP contribution is -2.25. The molecular formula is C10H12BClFNO2. The quantitative estimate of drug-likeness (QED) is 0.465. The summed E-state index contributed by atoms with van der Waals surface area (Å²) in [5, 5.41) is 3.14. The zero-order chi connectivity index (χ0) is 12.0. The average molecular weight is 243 g/mol. The number of hydrogen-bond acceptors (Lipinski definition) is 3. The monoisotopic (exact) mass is 243 g/mol. The highest BCUT2D eigenvalue weighted by Gasteiger charge is 2.07. The van der Waals surface area contributed by atoms with Gasteiger partial charge in [0.25, 0.3) is 7.41 Å². The molecule has 0 aromatic heterocycles. The molecular weight excluding hydrogens is 231 g/mol. The van der Waals surface area contributed by atoms with Crippen LogP contribution in [0.3, 0.4) is 0 Å². The van der Waals surface area contributed by atoms with Crippen molar-refractivity contribution in [2.45, 2.75) is 6.92 Å². The van der Waals surface area contributed by atoms with Crippen LogP contribution in [-0.4, -0.2) is 26.8 Å². The van der Waals surface area contributed by atoms with Crippen molar-refractivity contribution in [3.05, 3.63) is 28.5 Å². The molecule has 0 saturated heterocycles. The second-order valence-electron chi connectivity index (χ2n) is 3.23. The molecule has 1 aromatic rings. The lowest BCUT2D eigenvalue weighted by Gasteiger charge is -2.10. The first-order valence-corrected chi connectivity index (χ1v) is 5.25. The SMILES string of the molecule is Cc1c(F)cc(Cl)cc1OCCNBC=O. The zero-order valence-corrected chi connectivity index (χ0v) is 9.68. The van der Waals surface area contributed by atoms with Gasteiger partial charge < -0.3 is 14.8 Å². The molecule has 0 spiro atoms. The number of ether oxygens (including phenoxy) is 1. The van der Waals surface area contributed by atoms with Crippen LogP contribution in [0.4, 0.5) is 4.39 Å². The van der Waals surface area contributed by atoms with Crippen LogP contribution in [0.25, 0.3) is 0 Å². The van der Waals surface area contributed by atoms with E-state index in [9.17, 15) is 9.18 Å². The first-order valence-electron chi connectivity index (χ1n) is 4.88. The normalized spacial score (nSPS) is 9.94. The third-order valence-corrected chi connectivity index (χ3v) is 2.24. The molecule has 86 valence electrons. The van der Waals surface area contributed by atoms with E-state index in [1.165, 1.54) is 6.07 Å². The fourth-order valence-electron chi connectivity index (χ4n) is 1.17. The standard InChI is InChI=1S/C10H12BClFNO2/c1-7-9(13)4-8(12)5-10(7)16-3-2-14-11-6-15/h4-6,11,14H,2-3H2,1H3. The van der Waals surface area contributed by atoms with Crippen molar-refractivity contribution >= 4 is 25.2 Å². The highest BCUT2D eigenvalue weighted by molar-refractivity contribution is 6.64. The number of nitrogens with one attached hydrogen (secondary N) is 1. The fraction of sp³-hybridized carbons (Fsp3) is 0.300. The molecule has 0 saturated carbocycles. The van der Waals surface area contributed by atoms with Crippen molar-refractivity contribution in [3.8, 4) is 5.75 Å². The summed E-state index contributed by atoms with van der Waals surface area (Å²) in [6.07, 6.45) is 0.768. The Hall–Kier alpha value is -1.07. The van der Waals surface area contributed by atoms with E-state index in [1.807, 2.05) is 0 Å². The van der Waals surface area contributed by atoms with Gasteiger partial charge in [-0.25, -0.2) is 4.39 Å². The maximum atomic E-state index is 13.2. The number of rotatable bonds is 6. The van der Waals surface area contributed by atoms with E-state index in [-0.39, 0.29) is 13.2 Å². The maximum Gasteiger partial charge on any atom is 0.278 e. The minimum Gasteiger partial charge on any atom is -0.492 e. The molecule has 6 heteroatoms. The Kier molecular flexibility index (Phi) is 5.28. The Labute approximate surface area is 99.2 Å². The van der Waals surface area contributed by atoms with Crippen molar-refractivity contribution in [3.63, 3.8) is 0 Å². The van der Waals surface area contributed by atoms with E-state index >= 15 is 0 Å². The van der Waals surface area contributed by atoms with E-state index in [1.54, 1.807) is 13.0 Å². The molecule has 0 atom stereocenters. The van der Waals surface area contributed by atoms with Crippen LogP contribution in [0.5, 0.6) is 5.75 Å². The summed E-state index contributed by atoms with van der Waals surface area (Å²) in [6, 6.07) is 2.81. The molecule has 0 aliphatic heterocycles. The van der Waals surface area contributed by atoms with E-state index < -0.39 is 0 Å². The minimum atomic E-state index is -0.386. The number of halogens is 2. The summed E-state index contributed by atoms with van der Waals surface area (Å²) in [4.78, 5) is 10.0. The molecule has 0 bridgehead atoms. The molecule has 1 aromatic carbocycles. The van der Waals surface area contributed by atoms with E-state index in [4.69, 9.17) is 16.3 Å². The molecule has 0 aliphatic rings. The predicted octanol–water partition coefficient (Wildman–Crippen LogP) is 1.30. The van der Waals surface area contributed by atoms with Gasteiger partial charge >= 0.3 is 0 Å². The van der Waals surface area contributed by atoms with Crippen LogP contribution < -0.4 is 9.96 Å². The van der Waals surface area contributed by atoms with Crippen molar-refractivity contribution in [1.29, 1.82) is 0 Å². The Morgan fingerprint density at radius 1 is 1.62 bits per heavy atom. The smallest absolute Gasteiger partial charge is 0.278 e. The third-order valence-electron chi connectivity index (χ3n) is 2.03. The predicted molar refractivity (Wildman–Crippen MR) is 63.5 cm³/mol. The third kappa shape index (κ3) is 3.83. The lowest BCUT2D eigenvalue weighted by molar-refractivity contribution is 0.319. The van der Waals surface area contributed by atoms with Crippen LogP contribution in [0.2, 0.25) is 5.02 Å². The van der Waals surface area contributed by atoms with Gasteiger partial charge in [0.2, 0.25) is 0 Å². The second-order valence-corrected chi connectivity index (χ2v) is 3.67. The molecule has 0 amide bonds. The molecule has 16 heavy (non-hydrogen) atoms. The summed E-state index contributed by atoms with van der Waals surface area (Å²) in [5.41, 5.74) is 0.430. The van der Waals surface area contributed by atoms with Crippen LogP contribution >= 0.6 is 11.6 Å². The summed E-state index contributed by atoms with van der Waals surface area (Å²) < 4.78 is 18.6. The molecule has 0 fully saturated rings. The highest BCUT2D eigenvalue weighted by Crippen LogP contribution is 2.25. The molecule has 0 radical (unpaired) electrons. The van der Waals surface area contributed by atoms with Gasteiger partial charge in [0, 0.05) is 17.1 Å². The van der Waals surface area contributed by atoms with Crippen LogP contribution in [0.1, 0.15) is 5.56 Å². The van der Waals surface area contributed by atoms with Gasteiger partial charge in [0.15, 0.2) is 0 Å². The molecule has 0 aliphatic carbocycles. The maximum absolute atomic E-state index is 13.2. The van der Waals surface area contributed by atoms with E-state index in [0.29, 0.717) is 29.5 Å². The van der Waals surface area contributed by atoms with E-state index in [2.05, 4.69) is 5.23 Å². The van der Waals surface area contributed by atoms with E-state index in [0.717, 1.165) is 6.19 Å². The number of carbonyl (C=O) groups excluding carboxylic acids is 1. The minimum absolute atomic E-state index is 0.284. The summed E-state index contributed by atoms with van der Waals surface area (Å²) in [7, 11) is 0.284. The van der Waals surface area contributed by atoms with Crippen molar-refractivity contribution < 1.29 is 13.9 Å². The van der Waals surface area contributed by atoms with Crippen LogP contribution in [0, 0.1) is 12.7 Å². The van der Waals surface area contributed by atoms with Crippen LogP contribution in [0.15, 0.2) is 12.1 Å². The molecule has 1 rings (SSSR count). The lowest BCUT2D eigenvalue weighted by atomic mass is 9.99. The number of hydrogen-bond donors (Lipinski definition) is 1. The summed E-state index contributed by atoms with van der Waals surface area (Å²) in [6.45, 7) is 2.50. The largest absolute Gasteiger partial charge is 0.492 e. The summed E-state index contributed by atoms with van der Waals surface area (Å²) in [5.74, 6) is 0.0428. The summed E-state index contributed by atoms with van der Waals surface area (Å²) >= 11 is 5.70. The van der Waals surface area contributed by atoms with Gasteiger partial charge in [-0.3, -0.25) is 0 Å². The van der Waals surface area contributed by atoms with Gasteiger partial charge in [-0.05, 0) is 19.1 Å². The Bertz CT molecular complexity index is 376. The Balaban J connectivity index is 2.50. The van der Waals surface area contributed by atoms with Crippen molar-refractivity contribution in [2.75, 3.05) is 13.2 Å². The fourth-order valence-corrected chi connectivity index (χ4v) is 1.36. The number of benzene rings is 1. The average Bonchev–Trinajstić information content (AvgIpc) is 2.24. The molecule has 0 heterocycles. The second kappa shape index (κ2) is 6.50. The zero-order valence-electron chi connectivity index (χ0n) is 8.93. The Morgan fingerprint density at radius 3 is 3.06 bits per heavy atom. The highest BCUT2D eigenvalue weighted by atomic mass is 35.5. The van der Waals surface area contributed by atoms with Gasteiger partial charge in [-0.15, -0.1) is 0 Å². The van der Waals surface area contributed by atoms with Crippen LogP contribution in [-0.2, 0) is 4.79 Å². The van der Waals surface area contributed by atoms with Gasteiger partial charge in [0.1, 0.15) is 11.6 Å². The van der Waals surface area contributed by atoms with Crippen molar-refractivity contribution in [1.82, 2.24) is 5.23 Å². The first-order chi connectivity index (χ1) is 7.65. The van der Waals surface area contributed by atoms with Gasteiger partial charge in [-0.2, -0.15) is 0 Å². The topological polar surface area (TPSA) is 38.3 Å². The first kappa shape index (κ1) is 13.0. The van der Waals surface area contributed by atoms with Crippen molar-refractivity contribution in [2.24, 2.45) is 0 Å².